The van der Waals surface area contributed by atoms with E-state index in [2.05, 4.69) is 10.3 Å². The molecule has 7 heteroatoms. The van der Waals surface area contributed by atoms with Crippen molar-refractivity contribution < 1.29 is 18.7 Å². The van der Waals surface area contributed by atoms with Gasteiger partial charge in [0.15, 0.2) is 5.76 Å². The monoisotopic (exact) mass is 422 g/mol. The Balaban J connectivity index is 1.79. The minimum absolute atomic E-state index is 0.322. The lowest BCUT2D eigenvalue weighted by Gasteiger charge is -2.14. The molecule has 0 aliphatic carbocycles. The summed E-state index contributed by atoms with van der Waals surface area (Å²) in [5.74, 6) is 1.93. The Bertz CT molecular complexity index is 1250. The minimum Gasteiger partial charge on any atom is -0.495 e. The number of aryl methyl sites for hydroxylation is 1. The zero-order chi connectivity index (χ0) is 21.3. The lowest BCUT2D eigenvalue weighted by Crippen LogP contribution is -2.14. The molecule has 2 heterocycles. The number of ether oxygens (including phenoxy) is 2. The number of methoxy groups -OCH3 is 2. The van der Waals surface area contributed by atoms with Gasteiger partial charge in [-0.05, 0) is 37.3 Å². The first-order chi connectivity index (χ1) is 14.5. The fourth-order valence-electron chi connectivity index (χ4n) is 3.21. The average molecular weight is 423 g/mol. The molecule has 1 amide bonds. The number of halogens is 1. The van der Waals surface area contributed by atoms with Crippen LogP contribution in [0, 0.1) is 6.92 Å². The van der Waals surface area contributed by atoms with Crippen LogP contribution in [0.15, 0.2) is 59.0 Å². The molecule has 0 aliphatic rings. The molecule has 0 radical (unpaired) electrons. The van der Waals surface area contributed by atoms with Crippen LogP contribution >= 0.6 is 11.6 Å². The number of carbonyl (C=O) groups excluding carboxylic acids is 1. The van der Waals surface area contributed by atoms with Crippen molar-refractivity contribution in [3.05, 3.63) is 70.9 Å². The quantitative estimate of drug-likeness (QED) is 0.444. The molecule has 0 fully saturated rings. The smallest absolute Gasteiger partial charge is 0.256 e. The van der Waals surface area contributed by atoms with Gasteiger partial charge in [0.2, 0.25) is 0 Å². The summed E-state index contributed by atoms with van der Waals surface area (Å²) in [6.07, 6.45) is 0. The van der Waals surface area contributed by atoms with Gasteiger partial charge < -0.3 is 19.2 Å². The largest absolute Gasteiger partial charge is 0.495 e. The molecule has 0 unspecified atom stereocenters. The van der Waals surface area contributed by atoms with Gasteiger partial charge in [-0.1, -0.05) is 29.8 Å². The predicted molar refractivity (Wildman–Crippen MR) is 117 cm³/mol. The molecule has 152 valence electrons. The zero-order valence-corrected chi connectivity index (χ0v) is 17.4. The predicted octanol–water partition coefficient (Wildman–Crippen LogP) is 5.73. The minimum atomic E-state index is -0.322. The highest BCUT2D eigenvalue weighted by Crippen LogP contribution is 2.36. The first-order valence-corrected chi connectivity index (χ1v) is 9.57. The van der Waals surface area contributed by atoms with Gasteiger partial charge in [-0.15, -0.1) is 0 Å². The Hall–Kier alpha value is -3.51. The summed E-state index contributed by atoms with van der Waals surface area (Å²) in [7, 11) is 3.03. The van der Waals surface area contributed by atoms with Crippen LogP contribution < -0.4 is 14.8 Å². The van der Waals surface area contributed by atoms with Crippen molar-refractivity contribution in [1.29, 1.82) is 0 Å². The molecule has 4 rings (SSSR count). The Labute approximate surface area is 178 Å². The summed E-state index contributed by atoms with van der Waals surface area (Å²) in [4.78, 5) is 17.9. The van der Waals surface area contributed by atoms with Crippen LogP contribution in [0.2, 0.25) is 5.02 Å². The number of amides is 1. The molecule has 2 aromatic carbocycles. The Morgan fingerprint density at radius 1 is 1.03 bits per heavy atom. The number of aromatic nitrogens is 1. The van der Waals surface area contributed by atoms with Crippen LogP contribution in [-0.4, -0.2) is 25.1 Å². The van der Waals surface area contributed by atoms with E-state index in [9.17, 15) is 4.79 Å². The number of benzene rings is 2. The van der Waals surface area contributed by atoms with Crippen LogP contribution in [-0.2, 0) is 0 Å². The van der Waals surface area contributed by atoms with Crippen LogP contribution in [0.3, 0.4) is 0 Å². The molecule has 30 heavy (non-hydrogen) atoms. The average Bonchev–Trinajstić information content (AvgIpc) is 3.19. The molecule has 6 nitrogen and oxygen atoms in total. The topological polar surface area (TPSA) is 73.6 Å². The Morgan fingerprint density at radius 3 is 2.50 bits per heavy atom. The fraction of sp³-hybridized carbons (Fsp3) is 0.130. The van der Waals surface area contributed by atoms with Crippen molar-refractivity contribution in [3.8, 4) is 23.0 Å². The molecule has 0 aliphatic heterocycles. The number of para-hydroxylation sites is 1. The maximum absolute atomic E-state index is 13.3. The van der Waals surface area contributed by atoms with Crippen LogP contribution in [0.5, 0.6) is 11.5 Å². The summed E-state index contributed by atoms with van der Waals surface area (Å²) in [5, 5.41) is 3.97. The number of hydrogen-bond acceptors (Lipinski definition) is 5. The van der Waals surface area contributed by atoms with E-state index in [0.29, 0.717) is 44.7 Å². The lowest BCUT2D eigenvalue weighted by atomic mass is 10.1. The van der Waals surface area contributed by atoms with Gasteiger partial charge in [0.25, 0.3) is 5.91 Å². The molecule has 0 saturated heterocycles. The summed E-state index contributed by atoms with van der Waals surface area (Å²) < 4.78 is 16.3. The highest BCUT2D eigenvalue weighted by molar-refractivity contribution is 6.32. The zero-order valence-electron chi connectivity index (χ0n) is 16.7. The van der Waals surface area contributed by atoms with Gasteiger partial charge in [0, 0.05) is 11.5 Å². The van der Waals surface area contributed by atoms with E-state index >= 15 is 0 Å². The fourth-order valence-corrected chi connectivity index (χ4v) is 3.45. The Morgan fingerprint density at radius 2 is 1.80 bits per heavy atom. The van der Waals surface area contributed by atoms with Gasteiger partial charge in [-0.3, -0.25) is 4.79 Å². The van der Waals surface area contributed by atoms with E-state index in [1.165, 1.54) is 14.2 Å². The number of hydrogen-bond donors (Lipinski definition) is 1. The first-order valence-electron chi connectivity index (χ1n) is 9.19. The van der Waals surface area contributed by atoms with E-state index in [4.69, 9.17) is 25.5 Å². The molecular weight excluding hydrogens is 404 g/mol. The molecule has 1 N–H and O–H groups in total. The molecule has 4 aromatic rings. The molecular formula is C23H19ClN2O4. The second-order valence-corrected chi connectivity index (χ2v) is 7.03. The molecule has 0 bridgehead atoms. The molecule has 0 atom stereocenters. The van der Waals surface area contributed by atoms with E-state index in [1.807, 2.05) is 43.3 Å². The van der Waals surface area contributed by atoms with E-state index in [-0.39, 0.29) is 5.91 Å². The summed E-state index contributed by atoms with van der Waals surface area (Å²) in [5.41, 5.74) is 2.16. The summed E-state index contributed by atoms with van der Waals surface area (Å²) in [6.45, 7) is 1.86. The van der Waals surface area contributed by atoms with Crippen molar-refractivity contribution >= 4 is 34.1 Å². The normalized spacial score (nSPS) is 10.8. The van der Waals surface area contributed by atoms with Crippen molar-refractivity contribution in [1.82, 2.24) is 4.98 Å². The van der Waals surface area contributed by atoms with Gasteiger partial charge in [-0.25, -0.2) is 4.98 Å². The van der Waals surface area contributed by atoms with Crippen molar-refractivity contribution in [2.45, 2.75) is 6.92 Å². The van der Waals surface area contributed by atoms with Gasteiger partial charge in [0.05, 0.1) is 36.0 Å². The number of furan rings is 1. The maximum Gasteiger partial charge on any atom is 0.256 e. The van der Waals surface area contributed by atoms with Crippen LogP contribution in [0.1, 0.15) is 16.1 Å². The highest BCUT2D eigenvalue weighted by Gasteiger charge is 2.18. The first kappa shape index (κ1) is 19.8. The van der Waals surface area contributed by atoms with Gasteiger partial charge in [-0.2, -0.15) is 0 Å². The number of pyridine rings is 1. The number of fused-ring (bicyclic) bond motifs is 1. The van der Waals surface area contributed by atoms with Crippen molar-refractivity contribution in [2.75, 3.05) is 19.5 Å². The second-order valence-electron chi connectivity index (χ2n) is 6.62. The third-order valence-electron chi connectivity index (χ3n) is 4.68. The van der Waals surface area contributed by atoms with Gasteiger partial charge >= 0.3 is 0 Å². The summed E-state index contributed by atoms with van der Waals surface area (Å²) in [6, 6.07) is 16.1. The number of nitrogens with zero attached hydrogens (tertiary/aromatic N) is 1. The lowest BCUT2D eigenvalue weighted by molar-refractivity contribution is 0.102. The SMILES string of the molecule is COc1cc(OC)c(NC(=O)c2cc(-c3ccc(C)o3)nc3ccccc23)cc1Cl. The summed E-state index contributed by atoms with van der Waals surface area (Å²) >= 11 is 6.24. The van der Waals surface area contributed by atoms with E-state index < -0.39 is 0 Å². The maximum atomic E-state index is 13.3. The molecule has 0 spiro atoms. The van der Waals surface area contributed by atoms with Crippen LogP contribution in [0.25, 0.3) is 22.4 Å². The second kappa shape index (κ2) is 8.08. The Kier molecular flexibility index (Phi) is 5.33. The number of carbonyl (C=O) groups is 1. The van der Waals surface area contributed by atoms with E-state index in [0.717, 1.165) is 11.1 Å². The third-order valence-corrected chi connectivity index (χ3v) is 4.97. The van der Waals surface area contributed by atoms with E-state index in [1.54, 1.807) is 18.2 Å². The highest BCUT2D eigenvalue weighted by atomic mass is 35.5. The standard InChI is InChI=1S/C23H19ClN2O4/c1-13-8-9-20(30-13)18-10-15(14-6-4-5-7-17(14)25-18)23(27)26-19-11-16(24)21(28-2)12-22(19)29-3/h4-12H,1-3H3,(H,26,27). The van der Waals surface area contributed by atoms with Crippen LogP contribution in [0.4, 0.5) is 5.69 Å². The number of anilines is 1. The third kappa shape index (κ3) is 3.69. The van der Waals surface area contributed by atoms with Crippen molar-refractivity contribution in [3.63, 3.8) is 0 Å². The van der Waals surface area contributed by atoms with Crippen molar-refractivity contribution in [2.24, 2.45) is 0 Å². The molecule has 0 saturated carbocycles. The molecule has 2 aromatic heterocycles. The number of rotatable bonds is 5. The van der Waals surface area contributed by atoms with Gasteiger partial charge in [0.1, 0.15) is 23.0 Å². The number of nitrogens with one attached hydrogen (secondary N) is 1.